The molecule has 1 aromatic rings. The zero-order valence-corrected chi connectivity index (χ0v) is 7.96. The first-order valence-corrected chi connectivity index (χ1v) is 5.09. The van der Waals surface area contributed by atoms with E-state index in [2.05, 4.69) is 11.8 Å². The second-order valence-corrected chi connectivity index (χ2v) is 3.72. The molecular formula is C10H18N2O+2. The maximum atomic E-state index is 5.44. The van der Waals surface area contributed by atoms with Crippen molar-refractivity contribution < 1.29 is 15.1 Å². The largest absolute Gasteiger partial charge is 0.463 e. The van der Waals surface area contributed by atoms with Crippen LogP contribution in [0.2, 0.25) is 0 Å². The van der Waals surface area contributed by atoms with Gasteiger partial charge in [-0.05, 0) is 12.1 Å². The monoisotopic (exact) mass is 182 g/mol. The molecule has 0 aliphatic carbocycles. The Morgan fingerprint density at radius 1 is 1.46 bits per heavy atom. The van der Waals surface area contributed by atoms with Crippen molar-refractivity contribution in [1.82, 2.24) is 0 Å². The third-order valence-corrected chi connectivity index (χ3v) is 2.91. The fourth-order valence-corrected chi connectivity index (χ4v) is 2.21. The van der Waals surface area contributed by atoms with Gasteiger partial charge < -0.3 is 15.1 Å². The van der Waals surface area contributed by atoms with Crippen LogP contribution in [0.4, 0.5) is 0 Å². The quantitative estimate of drug-likeness (QED) is 0.634. The van der Waals surface area contributed by atoms with Crippen molar-refractivity contribution >= 4 is 0 Å². The fraction of sp³-hybridized carbons (Fsp3) is 0.600. The van der Waals surface area contributed by atoms with Crippen molar-refractivity contribution in [3.63, 3.8) is 0 Å². The first-order chi connectivity index (χ1) is 6.42. The van der Waals surface area contributed by atoms with Crippen molar-refractivity contribution in [1.29, 1.82) is 0 Å². The van der Waals surface area contributed by atoms with E-state index in [9.17, 15) is 0 Å². The molecule has 1 saturated heterocycles. The van der Waals surface area contributed by atoms with Crippen molar-refractivity contribution in [2.75, 3.05) is 19.6 Å². The van der Waals surface area contributed by atoms with Gasteiger partial charge in [-0.2, -0.15) is 0 Å². The second-order valence-electron chi connectivity index (χ2n) is 3.72. The van der Waals surface area contributed by atoms with Crippen LogP contribution in [0.1, 0.15) is 24.6 Å². The van der Waals surface area contributed by atoms with Gasteiger partial charge in [-0.3, -0.25) is 0 Å². The zero-order chi connectivity index (χ0) is 9.10. The molecule has 0 unspecified atom stereocenters. The Morgan fingerprint density at radius 2 is 2.23 bits per heavy atom. The molecule has 13 heavy (non-hydrogen) atoms. The normalized spacial score (nSPS) is 20.7. The molecule has 2 rings (SSSR count). The van der Waals surface area contributed by atoms with Gasteiger partial charge in [-0.1, -0.05) is 0 Å². The minimum Gasteiger partial charge on any atom is -0.463 e. The van der Waals surface area contributed by atoms with Gasteiger partial charge in [0.1, 0.15) is 6.54 Å². The van der Waals surface area contributed by atoms with Gasteiger partial charge in [0.15, 0.2) is 11.8 Å². The Balaban J connectivity index is 2.08. The average Bonchev–Trinajstić information content (AvgIpc) is 2.76. The van der Waals surface area contributed by atoms with E-state index >= 15 is 0 Å². The number of hydrogen-bond acceptors (Lipinski definition) is 1. The van der Waals surface area contributed by atoms with Crippen molar-refractivity contribution in [2.45, 2.75) is 18.9 Å². The summed E-state index contributed by atoms with van der Waals surface area (Å²) in [5, 5.41) is 0. The number of quaternary nitrogens is 2. The minimum atomic E-state index is 0.484. The molecule has 1 aliphatic rings. The lowest BCUT2D eigenvalue weighted by atomic mass is 10.2. The van der Waals surface area contributed by atoms with E-state index in [0.29, 0.717) is 6.04 Å². The van der Waals surface area contributed by atoms with Crippen LogP contribution in [-0.2, 0) is 0 Å². The summed E-state index contributed by atoms with van der Waals surface area (Å²) < 4.78 is 5.44. The summed E-state index contributed by atoms with van der Waals surface area (Å²) in [4.78, 5) is 1.64. The summed E-state index contributed by atoms with van der Waals surface area (Å²) in [5.74, 6) is 1.10. The Bertz CT molecular complexity index is 239. The van der Waals surface area contributed by atoms with Crippen LogP contribution in [0.15, 0.2) is 22.8 Å². The molecule has 2 heterocycles. The molecule has 1 atom stereocenters. The number of nitrogens with one attached hydrogen (secondary N) is 1. The lowest BCUT2D eigenvalue weighted by Crippen LogP contribution is -3.11. The number of hydrogen-bond donors (Lipinski definition) is 2. The van der Waals surface area contributed by atoms with Gasteiger partial charge in [-0.15, -0.1) is 0 Å². The summed E-state index contributed by atoms with van der Waals surface area (Å²) in [6.07, 6.45) is 4.46. The van der Waals surface area contributed by atoms with E-state index in [1.54, 1.807) is 11.2 Å². The fourth-order valence-electron chi connectivity index (χ4n) is 2.21. The predicted octanol–water partition coefficient (Wildman–Crippen LogP) is -0.759. The van der Waals surface area contributed by atoms with Crippen molar-refractivity contribution in [2.24, 2.45) is 0 Å². The van der Waals surface area contributed by atoms with Crippen molar-refractivity contribution in [3.05, 3.63) is 24.2 Å². The molecule has 0 spiro atoms. The van der Waals surface area contributed by atoms with E-state index in [1.807, 2.05) is 6.07 Å². The number of likely N-dealkylation sites (tertiary alicyclic amines) is 1. The molecular weight excluding hydrogens is 164 g/mol. The highest BCUT2D eigenvalue weighted by atomic mass is 16.3. The van der Waals surface area contributed by atoms with Crippen LogP contribution in [0, 0.1) is 0 Å². The second kappa shape index (κ2) is 3.94. The maximum absolute atomic E-state index is 5.44. The molecule has 72 valence electrons. The summed E-state index contributed by atoms with van der Waals surface area (Å²) in [6.45, 7) is 3.49. The Morgan fingerprint density at radius 3 is 2.77 bits per heavy atom. The zero-order valence-electron chi connectivity index (χ0n) is 7.96. The van der Waals surface area contributed by atoms with E-state index in [1.165, 1.54) is 25.9 Å². The Labute approximate surface area is 78.5 Å². The van der Waals surface area contributed by atoms with E-state index in [4.69, 9.17) is 4.42 Å². The molecule has 0 aromatic carbocycles. The third kappa shape index (κ3) is 1.76. The van der Waals surface area contributed by atoms with Gasteiger partial charge >= 0.3 is 0 Å². The molecule has 0 bridgehead atoms. The Kier molecular flexibility index (Phi) is 2.66. The predicted molar refractivity (Wildman–Crippen MR) is 49.1 cm³/mol. The van der Waals surface area contributed by atoms with Crippen LogP contribution in [0.5, 0.6) is 0 Å². The van der Waals surface area contributed by atoms with Gasteiger partial charge in [-0.25, -0.2) is 0 Å². The molecule has 3 heteroatoms. The lowest BCUT2D eigenvalue weighted by molar-refractivity contribution is -0.927. The van der Waals surface area contributed by atoms with E-state index in [0.717, 1.165) is 12.3 Å². The highest BCUT2D eigenvalue weighted by Crippen LogP contribution is 2.09. The van der Waals surface area contributed by atoms with E-state index in [-0.39, 0.29) is 0 Å². The topological polar surface area (TPSA) is 45.2 Å². The molecule has 0 radical (unpaired) electrons. The standard InChI is InChI=1S/C10H16N2O/c11-8-9(10-4-3-7-13-10)12-5-1-2-6-12/h3-4,7,9H,1-2,5-6,8,11H2/p+2/t9-/m1/s1. The maximum Gasteiger partial charge on any atom is 0.195 e. The molecule has 0 saturated carbocycles. The molecule has 1 aromatic heterocycles. The van der Waals surface area contributed by atoms with Gasteiger partial charge in [0, 0.05) is 12.8 Å². The molecule has 3 nitrogen and oxygen atoms in total. The summed E-state index contributed by atoms with van der Waals surface area (Å²) in [7, 11) is 0. The number of furan rings is 1. The SMILES string of the molecule is [NH3+]C[C@H](c1ccco1)[NH+]1CCCC1. The average molecular weight is 182 g/mol. The van der Waals surface area contributed by atoms with Gasteiger partial charge in [0.2, 0.25) is 0 Å². The van der Waals surface area contributed by atoms with E-state index < -0.39 is 0 Å². The van der Waals surface area contributed by atoms with Crippen LogP contribution in [0.3, 0.4) is 0 Å². The molecule has 4 N–H and O–H groups in total. The minimum absolute atomic E-state index is 0.484. The molecule has 1 aliphatic heterocycles. The summed E-state index contributed by atoms with van der Waals surface area (Å²) >= 11 is 0. The summed E-state index contributed by atoms with van der Waals surface area (Å²) in [5.41, 5.74) is 4.01. The first kappa shape index (κ1) is 8.78. The van der Waals surface area contributed by atoms with Gasteiger partial charge in [0.05, 0.1) is 19.4 Å². The highest BCUT2D eigenvalue weighted by molar-refractivity contribution is 5.01. The van der Waals surface area contributed by atoms with Gasteiger partial charge in [0.25, 0.3) is 0 Å². The van der Waals surface area contributed by atoms with Crippen LogP contribution >= 0.6 is 0 Å². The molecule has 1 fully saturated rings. The lowest BCUT2D eigenvalue weighted by Gasteiger charge is -2.19. The van der Waals surface area contributed by atoms with Crippen LogP contribution < -0.4 is 10.6 Å². The Hall–Kier alpha value is -0.800. The first-order valence-electron chi connectivity index (χ1n) is 5.09. The van der Waals surface area contributed by atoms with Crippen LogP contribution in [0.25, 0.3) is 0 Å². The number of rotatable bonds is 3. The third-order valence-electron chi connectivity index (χ3n) is 2.91. The highest BCUT2D eigenvalue weighted by Gasteiger charge is 2.29. The van der Waals surface area contributed by atoms with Crippen molar-refractivity contribution in [3.8, 4) is 0 Å². The summed E-state index contributed by atoms with van der Waals surface area (Å²) in [6, 6.07) is 4.52. The molecule has 0 amide bonds. The van der Waals surface area contributed by atoms with Crippen LogP contribution in [-0.4, -0.2) is 19.6 Å². The smallest absolute Gasteiger partial charge is 0.195 e.